The molecule has 5 aromatic rings. The Bertz CT molecular complexity index is 1600. The highest BCUT2D eigenvalue weighted by Gasteiger charge is 2.15. The maximum Gasteiger partial charge on any atom is 0.334 e. The number of hydrogen-bond donors (Lipinski definition) is 2. The number of aromatic nitrogens is 4. The third-order valence-corrected chi connectivity index (χ3v) is 5.79. The van der Waals surface area contributed by atoms with E-state index in [-0.39, 0.29) is 16.8 Å². The van der Waals surface area contributed by atoms with Gasteiger partial charge < -0.3 is 9.73 Å². The fourth-order valence-electron chi connectivity index (χ4n) is 3.50. The number of anilines is 1. The zero-order valence-corrected chi connectivity index (χ0v) is 18.4. The Kier molecular flexibility index (Phi) is 5.79. The average Bonchev–Trinajstić information content (AvgIpc) is 3.32. The summed E-state index contributed by atoms with van der Waals surface area (Å²) in [5.74, 6) is -0.0926. The van der Waals surface area contributed by atoms with Crippen molar-refractivity contribution in [1.29, 1.82) is 0 Å². The molecule has 0 atom stereocenters. The monoisotopic (exact) mass is 471 g/mol. The van der Waals surface area contributed by atoms with E-state index in [1.54, 1.807) is 12.1 Å². The summed E-state index contributed by atoms with van der Waals surface area (Å²) < 4.78 is 6.87. The average molecular weight is 471 g/mol. The van der Waals surface area contributed by atoms with Gasteiger partial charge >= 0.3 is 5.69 Å². The molecule has 2 aromatic heterocycles. The molecule has 3 aromatic carbocycles. The lowest BCUT2D eigenvalue weighted by Gasteiger charge is -2.14. The number of hydrogen-bond acceptors (Lipinski definition) is 7. The number of rotatable bonds is 6. The molecule has 168 valence electrons. The molecule has 2 heterocycles. The first kappa shape index (κ1) is 21.4. The van der Waals surface area contributed by atoms with Crippen molar-refractivity contribution in [3.05, 3.63) is 99.7 Å². The SMILES string of the molecule is O=C(CSc1nnc(-c2ccccc2)o1)Nc1cc(=O)[nH]c(=O)n1-c1cccc2ccccc12. The van der Waals surface area contributed by atoms with Crippen LogP contribution < -0.4 is 16.6 Å². The smallest absolute Gasteiger partial charge is 0.334 e. The quantitative estimate of drug-likeness (QED) is 0.364. The van der Waals surface area contributed by atoms with Crippen molar-refractivity contribution >= 4 is 34.3 Å². The van der Waals surface area contributed by atoms with Crippen molar-refractivity contribution in [2.45, 2.75) is 5.22 Å². The van der Waals surface area contributed by atoms with Crippen LogP contribution in [0, 0.1) is 0 Å². The minimum absolute atomic E-state index is 0.0613. The van der Waals surface area contributed by atoms with Crippen molar-refractivity contribution in [3.8, 4) is 17.1 Å². The van der Waals surface area contributed by atoms with Crippen LogP contribution in [0.25, 0.3) is 27.9 Å². The van der Waals surface area contributed by atoms with Gasteiger partial charge in [0, 0.05) is 17.0 Å². The Morgan fingerprint density at radius 3 is 2.59 bits per heavy atom. The van der Waals surface area contributed by atoms with E-state index in [9.17, 15) is 14.4 Å². The Balaban J connectivity index is 1.39. The van der Waals surface area contributed by atoms with Crippen LogP contribution in [0.15, 0.2) is 98.1 Å². The topological polar surface area (TPSA) is 123 Å². The first-order chi connectivity index (χ1) is 16.6. The number of thioether (sulfide) groups is 1. The lowest BCUT2D eigenvalue weighted by molar-refractivity contribution is -0.113. The van der Waals surface area contributed by atoms with Gasteiger partial charge in [0.25, 0.3) is 10.8 Å². The maximum atomic E-state index is 12.7. The van der Waals surface area contributed by atoms with Gasteiger partial charge in [-0.05, 0) is 23.6 Å². The molecule has 0 saturated carbocycles. The molecule has 0 unspecified atom stereocenters. The molecular formula is C24H17N5O4S. The van der Waals surface area contributed by atoms with Crippen LogP contribution in [0.1, 0.15) is 0 Å². The Hall–Kier alpha value is -4.44. The van der Waals surface area contributed by atoms with Gasteiger partial charge in [0.05, 0.1) is 11.4 Å². The second-order valence-corrected chi connectivity index (χ2v) is 8.16. The molecule has 0 radical (unpaired) electrons. The molecule has 0 aliphatic rings. The van der Waals surface area contributed by atoms with Crippen molar-refractivity contribution in [2.75, 3.05) is 11.1 Å². The first-order valence-corrected chi connectivity index (χ1v) is 11.2. The Morgan fingerprint density at radius 2 is 1.74 bits per heavy atom. The predicted octanol–water partition coefficient (Wildman–Crippen LogP) is 3.46. The standard InChI is InChI=1S/C24H17N5O4S/c30-20-13-19(29(23(32)26-20)18-12-6-10-15-7-4-5-11-17(15)18)25-21(31)14-34-24-28-27-22(33-24)16-8-2-1-3-9-16/h1-13H,14H2,(H,25,31)(H,26,30,32). The van der Waals surface area contributed by atoms with E-state index < -0.39 is 17.2 Å². The fraction of sp³-hybridized carbons (Fsp3) is 0.0417. The summed E-state index contributed by atoms with van der Waals surface area (Å²) in [6.45, 7) is 0. The van der Waals surface area contributed by atoms with Crippen LogP contribution in [0.3, 0.4) is 0 Å². The first-order valence-electron chi connectivity index (χ1n) is 10.2. The summed E-state index contributed by atoms with van der Waals surface area (Å²) in [7, 11) is 0. The van der Waals surface area contributed by atoms with Crippen LogP contribution in [-0.4, -0.2) is 31.4 Å². The van der Waals surface area contributed by atoms with Crippen LogP contribution in [0.2, 0.25) is 0 Å². The van der Waals surface area contributed by atoms with Crippen LogP contribution in [0.5, 0.6) is 0 Å². The number of carbonyl (C=O) groups excluding carboxylic acids is 1. The molecule has 2 N–H and O–H groups in total. The lowest BCUT2D eigenvalue weighted by atomic mass is 10.1. The highest BCUT2D eigenvalue weighted by Crippen LogP contribution is 2.25. The number of aromatic amines is 1. The molecule has 0 bridgehead atoms. The third-order valence-electron chi connectivity index (χ3n) is 4.97. The van der Waals surface area contributed by atoms with Crippen molar-refractivity contribution < 1.29 is 9.21 Å². The van der Waals surface area contributed by atoms with Crippen molar-refractivity contribution in [2.24, 2.45) is 0 Å². The molecule has 0 spiro atoms. The molecule has 34 heavy (non-hydrogen) atoms. The van der Waals surface area contributed by atoms with Gasteiger partial charge in [-0.15, -0.1) is 10.2 Å². The molecule has 0 aliphatic carbocycles. The summed E-state index contributed by atoms with van der Waals surface area (Å²) >= 11 is 1.05. The van der Waals surface area contributed by atoms with E-state index in [1.165, 1.54) is 10.6 Å². The maximum absolute atomic E-state index is 12.7. The van der Waals surface area contributed by atoms with Crippen LogP contribution in [-0.2, 0) is 4.79 Å². The van der Waals surface area contributed by atoms with E-state index in [0.29, 0.717) is 11.6 Å². The summed E-state index contributed by atoms with van der Waals surface area (Å²) in [4.78, 5) is 39.7. The van der Waals surface area contributed by atoms with Crippen molar-refractivity contribution in [1.82, 2.24) is 19.7 Å². The van der Waals surface area contributed by atoms with Gasteiger partial charge in [0.15, 0.2) is 0 Å². The molecule has 9 nitrogen and oxygen atoms in total. The van der Waals surface area contributed by atoms with Crippen LogP contribution in [0.4, 0.5) is 5.82 Å². The molecule has 10 heteroatoms. The van der Waals surface area contributed by atoms with Gasteiger partial charge in [-0.1, -0.05) is 66.4 Å². The lowest BCUT2D eigenvalue weighted by Crippen LogP contribution is -2.32. The molecule has 1 amide bonds. The number of carbonyl (C=O) groups is 1. The van der Waals surface area contributed by atoms with E-state index >= 15 is 0 Å². The molecule has 0 saturated heterocycles. The van der Waals surface area contributed by atoms with E-state index in [4.69, 9.17) is 4.42 Å². The zero-order chi connectivity index (χ0) is 23.5. The minimum Gasteiger partial charge on any atom is -0.411 e. The number of nitrogens with zero attached hydrogens (tertiary/aromatic N) is 3. The number of nitrogens with one attached hydrogen (secondary N) is 2. The van der Waals surface area contributed by atoms with Gasteiger partial charge in [-0.25, -0.2) is 9.36 Å². The van der Waals surface area contributed by atoms with Crippen LogP contribution >= 0.6 is 11.8 Å². The van der Waals surface area contributed by atoms with E-state index in [1.807, 2.05) is 60.7 Å². The second-order valence-electron chi connectivity index (χ2n) is 7.23. The third kappa shape index (κ3) is 4.39. The van der Waals surface area contributed by atoms with E-state index in [2.05, 4.69) is 20.5 Å². The number of benzene rings is 3. The van der Waals surface area contributed by atoms with Crippen molar-refractivity contribution in [3.63, 3.8) is 0 Å². The normalized spacial score (nSPS) is 10.9. The molecule has 0 fully saturated rings. The molecular weight excluding hydrogens is 454 g/mol. The van der Waals surface area contributed by atoms with E-state index in [0.717, 1.165) is 28.1 Å². The second kappa shape index (κ2) is 9.20. The minimum atomic E-state index is -0.656. The highest BCUT2D eigenvalue weighted by atomic mass is 32.2. The zero-order valence-electron chi connectivity index (χ0n) is 17.6. The summed E-state index contributed by atoms with van der Waals surface area (Å²) in [5, 5.41) is 12.5. The molecule has 0 aliphatic heterocycles. The predicted molar refractivity (Wildman–Crippen MR) is 129 cm³/mol. The Morgan fingerprint density at radius 1 is 0.971 bits per heavy atom. The van der Waals surface area contributed by atoms with Gasteiger partial charge in [0.1, 0.15) is 5.82 Å². The largest absolute Gasteiger partial charge is 0.411 e. The Labute approximate surface area is 196 Å². The number of H-pyrrole nitrogens is 1. The summed E-state index contributed by atoms with van der Waals surface area (Å²) in [5.41, 5.74) is 0.0330. The summed E-state index contributed by atoms with van der Waals surface area (Å²) in [6.07, 6.45) is 0. The number of fused-ring (bicyclic) bond motifs is 1. The fourth-order valence-corrected chi connectivity index (χ4v) is 4.06. The highest BCUT2D eigenvalue weighted by molar-refractivity contribution is 7.99. The molecule has 5 rings (SSSR count). The van der Waals surface area contributed by atoms with Gasteiger partial charge in [-0.3, -0.25) is 14.6 Å². The number of amides is 1. The van der Waals surface area contributed by atoms with Gasteiger partial charge in [0.2, 0.25) is 11.8 Å². The van der Waals surface area contributed by atoms with Gasteiger partial charge in [-0.2, -0.15) is 0 Å². The summed E-state index contributed by atoms with van der Waals surface area (Å²) in [6, 6.07) is 23.4.